The Morgan fingerprint density at radius 3 is 2.25 bits per heavy atom. The van der Waals surface area contributed by atoms with Crippen molar-refractivity contribution in [3.05, 3.63) is 0 Å². The van der Waals surface area contributed by atoms with Crippen molar-refractivity contribution >= 4 is 0 Å². The fraction of sp³-hybridized carbons (Fsp3) is 1.00. The molecule has 96 valence electrons. The molecular weight excluding hydrogens is 200 g/mol. The molecule has 1 aliphatic carbocycles. The quantitative estimate of drug-likeness (QED) is 0.665. The zero-order valence-electron chi connectivity index (χ0n) is 11.6. The van der Waals surface area contributed by atoms with Gasteiger partial charge in [0.25, 0.3) is 0 Å². The van der Waals surface area contributed by atoms with E-state index < -0.39 is 0 Å². The van der Waals surface area contributed by atoms with Crippen molar-refractivity contribution in [1.82, 2.24) is 0 Å². The maximum atomic E-state index is 5.84. The fourth-order valence-electron chi connectivity index (χ4n) is 3.50. The first-order valence-electron chi connectivity index (χ1n) is 6.72. The molecule has 0 saturated heterocycles. The van der Waals surface area contributed by atoms with Crippen LogP contribution in [0.4, 0.5) is 0 Å². The third kappa shape index (κ3) is 2.43. The molecule has 16 heavy (non-hydrogen) atoms. The highest BCUT2D eigenvalue weighted by atomic mass is 16.7. The van der Waals surface area contributed by atoms with Crippen LogP contribution in [0.5, 0.6) is 0 Å². The van der Waals surface area contributed by atoms with Crippen molar-refractivity contribution in [2.75, 3.05) is 14.2 Å². The summed E-state index contributed by atoms with van der Waals surface area (Å²) in [6, 6.07) is 0. The Morgan fingerprint density at radius 1 is 1.19 bits per heavy atom. The summed E-state index contributed by atoms with van der Waals surface area (Å²) in [6.45, 7) is 6.81. The maximum Gasteiger partial charge on any atom is 0.173 e. The van der Waals surface area contributed by atoms with Gasteiger partial charge in [-0.05, 0) is 25.2 Å². The van der Waals surface area contributed by atoms with E-state index in [0.717, 1.165) is 0 Å². The van der Waals surface area contributed by atoms with Crippen molar-refractivity contribution < 1.29 is 9.47 Å². The van der Waals surface area contributed by atoms with Crippen LogP contribution in [0.1, 0.15) is 52.9 Å². The van der Waals surface area contributed by atoms with Crippen LogP contribution in [0.15, 0.2) is 0 Å². The smallest absolute Gasteiger partial charge is 0.173 e. The molecule has 0 heterocycles. The molecule has 1 saturated carbocycles. The van der Waals surface area contributed by atoms with Gasteiger partial charge in [0.05, 0.1) is 0 Å². The molecule has 0 bridgehead atoms. The van der Waals surface area contributed by atoms with Gasteiger partial charge in [-0.15, -0.1) is 0 Å². The van der Waals surface area contributed by atoms with E-state index in [0.29, 0.717) is 17.8 Å². The molecule has 2 unspecified atom stereocenters. The average molecular weight is 228 g/mol. The molecule has 0 N–H and O–H groups in total. The fourth-order valence-corrected chi connectivity index (χ4v) is 3.50. The number of hydrogen-bond acceptors (Lipinski definition) is 2. The molecule has 1 aliphatic rings. The van der Waals surface area contributed by atoms with Crippen LogP contribution in [0, 0.1) is 17.8 Å². The highest BCUT2D eigenvalue weighted by Crippen LogP contribution is 2.46. The number of rotatable bonds is 5. The highest BCUT2D eigenvalue weighted by Gasteiger charge is 2.49. The lowest BCUT2D eigenvalue weighted by Crippen LogP contribution is -2.52. The topological polar surface area (TPSA) is 18.5 Å². The normalized spacial score (nSPS) is 29.6. The van der Waals surface area contributed by atoms with E-state index in [4.69, 9.17) is 9.47 Å². The standard InChI is InChI=1S/C14H28O2/c1-6-8-12-9-7-10-13(11(2)3)14(12,15-4)16-5/h11-13H,6-10H2,1-5H3. The van der Waals surface area contributed by atoms with E-state index in [1.54, 1.807) is 0 Å². The summed E-state index contributed by atoms with van der Waals surface area (Å²) >= 11 is 0. The predicted octanol–water partition coefficient (Wildman–Crippen LogP) is 3.85. The number of methoxy groups -OCH3 is 2. The molecule has 0 spiro atoms. The summed E-state index contributed by atoms with van der Waals surface area (Å²) in [6.07, 6.45) is 6.23. The Morgan fingerprint density at radius 2 is 1.81 bits per heavy atom. The zero-order chi connectivity index (χ0) is 12.2. The Hall–Kier alpha value is -0.0800. The summed E-state index contributed by atoms with van der Waals surface area (Å²) in [4.78, 5) is 0. The van der Waals surface area contributed by atoms with Crippen LogP contribution in [0.2, 0.25) is 0 Å². The lowest BCUT2D eigenvalue weighted by Gasteiger charge is -2.49. The van der Waals surface area contributed by atoms with E-state index >= 15 is 0 Å². The lowest BCUT2D eigenvalue weighted by atomic mass is 9.69. The van der Waals surface area contributed by atoms with Gasteiger partial charge >= 0.3 is 0 Å². The number of ether oxygens (including phenoxy) is 2. The minimum atomic E-state index is -0.331. The molecule has 0 aromatic carbocycles. The Labute approximate surface area is 101 Å². The molecule has 2 heteroatoms. The predicted molar refractivity (Wildman–Crippen MR) is 67.3 cm³/mol. The minimum Gasteiger partial charge on any atom is -0.353 e. The minimum absolute atomic E-state index is 0.331. The molecule has 0 aliphatic heterocycles. The second-order valence-corrected chi connectivity index (χ2v) is 5.40. The van der Waals surface area contributed by atoms with Gasteiger partial charge in [-0.1, -0.05) is 33.6 Å². The molecular formula is C14H28O2. The van der Waals surface area contributed by atoms with Gasteiger partial charge in [0.15, 0.2) is 5.79 Å². The largest absolute Gasteiger partial charge is 0.353 e. The molecule has 1 rings (SSSR count). The first-order chi connectivity index (χ1) is 7.62. The van der Waals surface area contributed by atoms with Crippen LogP contribution < -0.4 is 0 Å². The van der Waals surface area contributed by atoms with Gasteiger partial charge in [0, 0.05) is 26.1 Å². The molecule has 1 fully saturated rings. The SMILES string of the molecule is CCCC1CCCC(C(C)C)C1(OC)OC. The summed E-state index contributed by atoms with van der Waals surface area (Å²) in [5, 5.41) is 0. The van der Waals surface area contributed by atoms with E-state index in [2.05, 4.69) is 20.8 Å². The van der Waals surface area contributed by atoms with Crippen molar-refractivity contribution in [2.24, 2.45) is 17.8 Å². The van der Waals surface area contributed by atoms with Gasteiger partial charge in [0.1, 0.15) is 0 Å². The van der Waals surface area contributed by atoms with Gasteiger partial charge in [-0.2, -0.15) is 0 Å². The first-order valence-corrected chi connectivity index (χ1v) is 6.72. The maximum absolute atomic E-state index is 5.84. The van der Waals surface area contributed by atoms with E-state index in [-0.39, 0.29) is 5.79 Å². The van der Waals surface area contributed by atoms with Crippen LogP contribution in [0.25, 0.3) is 0 Å². The lowest BCUT2D eigenvalue weighted by molar-refractivity contribution is -0.292. The Kier molecular flexibility index (Phi) is 5.26. The van der Waals surface area contributed by atoms with Gasteiger partial charge in [0.2, 0.25) is 0 Å². The van der Waals surface area contributed by atoms with Crippen LogP contribution >= 0.6 is 0 Å². The highest BCUT2D eigenvalue weighted by molar-refractivity contribution is 4.91. The average Bonchev–Trinajstić information content (AvgIpc) is 2.29. The summed E-state index contributed by atoms with van der Waals surface area (Å²) in [5.41, 5.74) is 0. The molecule has 0 aromatic heterocycles. The Balaban J connectivity index is 2.92. The van der Waals surface area contributed by atoms with Gasteiger partial charge < -0.3 is 9.47 Å². The van der Waals surface area contributed by atoms with Crippen molar-refractivity contribution in [3.8, 4) is 0 Å². The molecule has 0 amide bonds. The molecule has 0 aromatic rings. The molecule has 0 radical (unpaired) electrons. The molecule has 2 atom stereocenters. The number of hydrogen-bond donors (Lipinski definition) is 0. The van der Waals surface area contributed by atoms with Crippen LogP contribution in [-0.4, -0.2) is 20.0 Å². The summed E-state index contributed by atoms with van der Waals surface area (Å²) < 4.78 is 11.7. The first kappa shape index (κ1) is 14.0. The van der Waals surface area contributed by atoms with Gasteiger partial charge in [-0.25, -0.2) is 0 Å². The van der Waals surface area contributed by atoms with E-state index in [9.17, 15) is 0 Å². The second-order valence-electron chi connectivity index (χ2n) is 5.40. The Bertz CT molecular complexity index is 195. The third-order valence-corrected chi connectivity index (χ3v) is 4.23. The monoisotopic (exact) mass is 228 g/mol. The van der Waals surface area contributed by atoms with Crippen LogP contribution in [0.3, 0.4) is 0 Å². The second kappa shape index (κ2) is 6.02. The van der Waals surface area contributed by atoms with Crippen LogP contribution in [-0.2, 0) is 9.47 Å². The summed E-state index contributed by atoms with van der Waals surface area (Å²) in [7, 11) is 3.62. The third-order valence-electron chi connectivity index (χ3n) is 4.23. The van der Waals surface area contributed by atoms with Crippen molar-refractivity contribution in [1.29, 1.82) is 0 Å². The molecule has 2 nitrogen and oxygen atoms in total. The van der Waals surface area contributed by atoms with Crippen molar-refractivity contribution in [2.45, 2.75) is 58.7 Å². The summed E-state index contributed by atoms with van der Waals surface area (Å²) in [5.74, 6) is 1.39. The van der Waals surface area contributed by atoms with E-state index in [1.165, 1.54) is 32.1 Å². The zero-order valence-corrected chi connectivity index (χ0v) is 11.6. The van der Waals surface area contributed by atoms with E-state index in [1.807, 2.05) is 14.2 Å². The van der Waals surface area contributed by atoms with Crippen molar-refractivity contribution in [3.63, 3.8) is 0 Å². The van der Waals surface area contributed by atoms with Gasteiger partial charge in [-0.3, -0.25) is 0 Å².